The van der Waals surface area contributed by atoms with Gasteiger partial charge in [-0.3, -0.25) is 9.59 Å². The Kier molecular flexibility index (Phi) is 5.42. The second-order valence-corrected chi connectivity index (χ2v) is 6.46. The molecule has 1 saturated carbocycles. The first-order valence-corrected chi connectivity index (χ1v) is 8.71. The topological polar surface area (TPSA) is 46.2 Å². The number of Topliss-reactive ketones (excluding diaryl/α,β-unsaturated/α-hetero) is 1. The van der Waals surface area contributed by atoms with Gasteiger partial charge in [0.1, 0.15) is 0 Å². The molecule has 3 heteroatoms. The molecule has 0 radical (unpaired) electrons. The lowest BCUT2D eigenvalue weighted by atomic mass is 9.88. The minimum atomic E-state index is 0.0285. The van der Waals surface area contributed by atoms with Gasteiger partial charge in [0.05, 0.1) is 5.69 Å². The van der Waals surface area contributed by atoms with Gasteiger partial charge in [-0.2, -0.15) is 0 Å². The molecular weight excluding hydrogens is 298 g/mol. The second-order valence-electron chi connectivity index (χ2n) is 6.46. The zero-order chi connectivity index (χ0) is 16.8. The van der Waals surface area contributed by atoms with E-state index in [1.807, 2.05) is 48.5 Å². The van der Waals surface area contributed by atoms with Crippen molar-refractivity contribution >= 4 is 17.4 Å². The fraction of sp³-hybridized carbons (Fsp3) is 0.333. The van der Waals surface area contributed by atoms with Crippen LogP contribution >= 0.6 is 0 Å². The minimum Gasteiger partial charge on any atom is -0.325 e. The first kappa shape index (κ1) is 16.4. The number of amides is 1. The third kappa shape index (κ3) is 4.10. The molecule has 0 atom stereocenters. The summed E-state index contributed by atoms with van der Waals surface area (Å²) in [6.45, 7) is 0. The van der Waals surface area contributed by atoms with Gasteiger partial charge in [0.15, 0.2) is 5.78 Å². The lowest BCUT2D eigenvalue weighted by Crippen LogP contribution is -2.25. The predicted molar refractivity (Wildman–Crippen MR) is 96.1 cm³/mol. The summed E-state index contributed by atoms with van der Waals surface area (Å²) >= 11 is 0. The molecule has 3 nitrogen and oxygen atoms in total. The zero-order valence-electron chi connectivity index (χ0n) is 13.8. The monoisotopic (exact) mass is 321 g/mol. The van der Waals surface area contributed by atoms with Crippen LogP contribution in [0.25, 0.3) is 0 Å². The molecule has 0 saturated heterocycles. The van der Waals surface area contributed by atoms with Crippen LogP contribution in [-0.2, 0) is 11.2 Å². The molecule has 3 rings (SSSR count). The maximum absolute atomic E-state index is 12.6. The Hall–Kier alpha value is -2.42. The normalized spacial score (nSPS) is 15.0. The Morgan fingerprint density at radius 1 is 0.875 bits per heavy atom. The van der Waals surface area contributed by atoms with Crippen LogP contribution in [0.4, 0.5) is 5.69 Å². The predicted octanol–water partition coefficient (Wildman–Crippen LogP) is 4.63. The number of benzene rings is 2. The van der Waals surface area contributed by atoms with Crippen LogP contribution in [0.3, 0.4) is 0 Å². The standard InChI is InChI=1S/C21H23NO2/c23-20(15-16-9-3-1-4-10-16)18-13-7-8-14-19(18)22-21(24)17-11-5-2-6-12-17/h1,3-4,7-10,13-14,17H,2,5-6,11-12,15H2,(H,22,24). The van der Waals surface area contributed by atoms with Gasteiger partial charge in [-0.15, -0.1) is 0 Å². The molecule has 2 aromatic rings. The fourth-order valence-corrected chi connectivity index (χ4v) is 3.31. The van der Waals surface area contributed by atoms with Crippen molar-refractivity contribution in [3.63, 3.8) is 0 Å². The van der Waals surface area contributed by atoms with E-state index in [1.165, 1.54) is 6.42 Å². The Morgan fingerprint density at radius 2 is 1.54 bits per heavy atom. The van der Waals surface area contributed by atoms with E-state index < -0.39 is 0 Å². The van der Waals surface area contributed by atoms with E-state index in [-0.39, 0.29) is 17.6 Å². The number of hydrogen-bond acceptors (Lipinski definition) is 2. The Morgan fingerprint density at radius 3 is 2.29 bits per heavy atom. The van der Waals surface area contributed by atoms with Crippen LogP contribution in [0.1, 0.15) is 48.0 Å². The Bertz CT molecular complexity index is 703. The van der Waals surface area contributed by atoms with Gasteiger partial charge in [-0.05, 0) is 30.5 Å². The average Bonchev–Trinajstić information content (AvgIpc) is 2.63. The summed E-state index contributed by atoms with van der Waals surface area (Å²) in [5, 5.41) is 2.99. The number of anilines is 1. The summed E-state index contributed by atoms with van der Waals surface area (Å²) in [6, 6.07) is 17.0. The zero-order valence-corrected chi connectivity index (χ0v) is 13.8. The SMILES string of the molecule is O=C(Cc1ccccc1)c1ccccc1NC(=O)C1CCCCC1. The van der Waals surface area contributed by atoms with Gasteiger partial charge in [0, 0.05) is 17.9 Å². The fourth-order valence-electron chi connectivity index (χ4n) is 3.31. The van der Waals surface area contributed by atoms with Crippen molar-refractivity contribution in [2.24, 2.45) is 5.92 Å². The molecule has 0 aromatic heterocycles. The van der Waals surface area contributed by atoms with Crippen LogP contribution in [-0.4, -0.2) is 11.7 Å². The van der Waals surface area contributed by atoms with E-state index in [4.69, 9.17) is 0 Å². The number of hydrogen-bond donors (Lipinski definition) is 1. The number of carbonyl (C=O) groups is 2. The molecule has 1 fully saturated rings. The first-order chi connectivity index (χ1) is 11.7. The van der Waals surface area contributed by atoms with Crippen molar-refractivity contribution in [3.8, 4) is 0 Å². The van der Waals surface area contributed by atoms with Crippen molar-refractivity contribution in [1.29, 1.82) is 0 Å². The van der Waals surface area contributed by atoms with Gasteiger partial charge in [-0.25, -0.2) is 0 Å². The van der Waals surface area contributed by atoms with Crippen molar-refractivity contribution in [2.45, 2.75) is 38.5 Å². The summed E-state index contributed by atoms with van der Waals surface area (Å²) in [5.74, 6) is 0.159. The van der Waals surface area contributed by atoms with Gasteiger partial charge < -0.3 is 5.32 Å². The molecule has 0 bridgehead atoms. The van der Waals surface area contributed by atoms with E-state index in [9.17, 15) is 9.59 Å². The van der Waals surface area contributed by atoms with Crippen molar-refractivity contribution in [1.82, 2.24) is 0 Å². The average molecular weight is 321 g/mol. The molecule has 0 unspecified atom stereocenters. The maximum Gasteiger partial charge on any atom is 0.227 e. The van der Waals surface area contributed by atoms with E-state index in [2.05, 4.69) is 5.32 Å². The van der Waals surface area contributed by atoms with Crippen LogP contribution in [0.15, 0.2) is 54.6 Å². The molecule has 24 heavy (non-hydrogen) atoms. The first-order valence-electron chi connectivity index (χ1n) is 8.71. The van der Waals surface area contributed by atoms with Gasteiger partial charge in [0.2, 0.25) is 5.91 Å². The highest BCUT2D eigenvalue weighted by Crippen LogP contribution is 2.26. The van der Waals surface area contributed by atoms with E-state index in [1.54, 1.807) is 6.07 Å². The molecular formula is C21H23NO2. The molecule has 0 spiro atoms. The number of carbonyl (C=O) groups excluding carboxylic acids is 2. The third-order valence-corrected chi connectivity index (χ3v) is 4.67. The summed E-state index contributed by atoms with van der Waals surface area (Å²) < 4.78 is 0. The molecule has 0 aliphatic heterocycles. The number of rotatable bonds is 5. The Balaban J connectivity index is 1.72. The minimum absolute atomic E-state index is 0.0285. The van der Waals surface area contributed by atoms with Crippen LogP contribution < -0.4 is 5.32 Å². The van der Waals surface area contributed by atoms with Crippen LogP contribution in [0.5, 0.6) is 0 Å². The molecule has 1 amide bonds. The smallest absolute Gasteiger partial charge is 0.227 e. The lowest BCUT2D eigenvalue weighted by molar-refractivity contribution is -0.120. The second kappa shape index (κ2) is 7.91. The summed E-state index contributed by atoms with van der Waals surface area (Å²) in [4.78, 5) is 25.1. The van der Waals surface area contributed by atoms with Crippen LogP contribution in [0.2, 0.25) is 0 Å². The van der Waals surface area contributed by atoms with E-state index >= 15 is 0 Å². The van der Waals surface area contributed by atoms with Gasteiger partial charge in [-0.1, -0.05) is 61.7 Å². The number of para-hydroxylation sites is 1. The highest BCUT2D eigenvalue weighted by molar-refractivity contribution is 6.06. The van der Waals surface area contributed by atoms with Gasteiger partial charge in [0.25, 0.3) is 0 Å². The molecule has 1 N–H and O–H groups in total. The third-order valence-electron chi connectivity index (χ3n) is 4.67. The maximum atomic E-state index is 12.6. The van der Waals surface area contributed by atoms with Crippen molar-refractivity contribution < 1.29 is 9.59 Å². The van der Waals surface area contributed by atoms with Crippen molar-refractivity contribution in [2.75, 3.05) is 5.32 Å². The molecule has 2 aromatic carbocycles. The summed E-state index contributed by atoms with van der Waals surface area (Å²) in [6.07, 6.45) is 5.70. The molecule has 1 aliphatic carbocycles. The molecule has 124 valence electrons. The lowest BCUT2D eigenvalue weighted by Gasteiger charge is -2.21. The van der Waals surface area contributed by atoms with E-state index in [0.29, 0.717) is 17.7 Å². The largest absolute Gasteiger partial charge is 0.325 e. The Labute approximate surface area is 143 Å². The van der Waals surface area contributed by atoms with Crippen molar-refractivity contribution in [3.05, 3.63) is 65.7 Å². The summed E-state index contributed by atoms with van der Waals surface area (Å²) in [5.41, 5.74) is 2.20. The molecule has 1 aliphatic rings. The highest BCUT2D eigenvalue weighted by Gasteiger charge is 2.22. The van der Waals surface area contributed by atoms with Crippen LogP contribution in [0, 0.1) is 5.92 Å². The van der Waals surface area contributed by atoms with Gasteiger partial charge >= 0.3 is 0 Å². The van der Waals surface area contributed by atoms with E-state index in [0.717, 1.165) is 31.2 Å². The highest BCUT2D eigenvalue weighted by atomic mass is 16.2. The quantitative estimate of drug-likeness (QED) is 0.816. The number of ketones is 1. The molecule has 0 heterocycles. The summed E-state index contributed by atoms with van der Waals surface area (Å²) in [7, 11) is 0. The number of nitrogens with one attached hydrogen (secondary N) is 1.